The van der Waals surface area contributed by atoms with Crippen LogP contribution in [0.1, 0.15) is 20.8 Å². The number of aliphatic carboxylic acids is 1. The third kappa shape index (κ3) is 2.62. The van der Waals surface area contributed by atoms with Gasteiger partial charge < -0.3 is 15.2 Å². The van der Waals surface area contributed by atoms with Crippen LogP contribution >= 0.6 is 0 Å². The number of hydrogen-bond acceptors (Lipinski definition) is 4. The van der Waals surface area contributed by atoms with Gasteiger partial charge in [0.05, 0.1) is 6.54 Å². The molecule has 0 aromatic rings. The molecule has 1 aliphatic rings. The molecule has 16 heavy (non-hydrogen) atoms. The number of imide groups is 1. The molecule has 0 bridgehead atoms. The summed E-state index contributed by atoms with van der Waals surface area (Å²) in [5.74, 6) is -1.25. The van der Waals surface area contributed by atoms with Gasteiger partial charge in [0, 0.05) is 0 Å². The number of carbonyl (C=O) groups is 3. The van der Waals surface area contributed by atoms with Crippen LogP contribution in [0.5, 0.6) is 0 Å². The van der Waals surface area contributed by atoms with Crippen molar-refractivity contribution in [3.63, 3.8) is 0 Å². The smallest absolute Gasteiger partial charge is 0.419 e. The molecule has 1 heterocycles. The van der Waals surface area contributed by atoms with Gasteiger partial charge >= 0.3 is 18.1 Å². The van der Waals surface area contributed by atoms with Gasteiger partial charge in [-0.3, -0.25) is 0 Å². The van der Waals surface area contributed by atoms with E-state index in [0.29, 0.717) is 4.90 Å². The lowest BCUT2D eigenvalue weighted by molar-refractivity contribution is -0.141. The molecule has 7 heteroatoms. The van der Waals surface area contributed by atoms with E-state index < -0.39 is 29.7 Å². The van der Waals surface area contributed by atoms with Gasteiger partial charge in [0.2, 0.25) is 0 Å². The standard InChI is InChI=1S/C9H14N2O5/c1-9(2,3)16-8(15)11-5(6(12)13)4-10-7(11)14/h5H,4H2,1-3H3,(H,10,14)(H,12,13)/t5-/m1/s1. The van der Waals surface area contributed by atoms with Crippen molar-refractivity contribution >= 4 is 18.1 Å². The molecule has 0 spiro atoms. The van der Waals surface area contributed by atoms with E-state index in [1.807, 2.05) is 0 Å². The molecule has 0 radical (unpaired) electrons. The maximum Gasteiger partial charge on any atom is 0.419 e. The highest BCUT2D eigenvalue weighted by Crippen LogP contribution is 2.15. The monoisotopic (exact) mass is 230 g/mol. The molecule has 3 amide bonds. The zero-order chi connectivity index (χ0) is 12.5. The first-order valence-corrected chi connectivity index (χ1v) is 4.75. The van der Waals surface area contributed by atoms with E-state index in [1.165, 1.54) is 0 Å². The van der Waals surface area contributed by atoms with Crippen LogP contribution in [0.25, 0.3) is 0 Å². The number of urea groups is 1. The van der Waals surface area contributed by atoms with Gasteiger partial charge in [-0.05, 0) is 20.8 Å². The van der Waals surface area contributed by atoms with Crippen molar-refractivity contribution in [2.45, 2.75) is 32.4 Å². The van der Waals surface area contributed by atoms with Gasteiger partial charge in [0.15, 0.2) is 6.04 Å². The fraction of sp³-hybridized carbons (Fsp3) is 0.667. The van der Waals surface area contributed by atoms with Gasteiger partial charge in [0.25, 0.3) is 0 Å². The second-order valence-electron chi connectivity index (χ2n) is 4.39. The first-order chi connectivity index (χ1) is 7.22. The Bertz CT molecular complexity index is 333. The average molecular weight is 230 g/mol. The SMILES string of the molecule is CC(C)(C)OC(=O)N1C(=O)NC[C@@H]1C(=O)O. The van der Waals surface area contributed by atoms with Gasteiger partial charge in [-0.25, -0.2) is 19.3 Å². The summed E-state index contributed by atoms with van der Waals surface area (Å²) < 4.78 is 4.94. The van der Waals surface area contributed by atoms with Crippen molar-refractivity contribution in [2.75, 3.05) is 6.54 Å². The largest absolute Gasteiger partial charge is 0.480 e. The van der Waals surface area contributed by atoms with E-state index in [-0.39, 0.29) is 6.54 Å². The highest BCUT2D eigenvalue weighted by molar-refractivity contribution is 5.98. The summed E-state index contributed by atoms with van der Waals surface area (Å²) in [4.78, 5) is 34.2. The molecule has 0 aromatic carbocycles. The summed E-state index contributed by atoms with van der Waals surface area (Å²) in [5, 5.41) is 11.1. The van der Waals surface area contributed by atoms with Crippen LogP contribution in [-0.2, 0) is 9.53 Å². The van der Waals surface area contributed by atoms with Crippen LogP contribution < -0.4 is 5.32 Å². The maximum absolute atomic E-state index is 11.6. The minimum Gasteiger partial charge on any atom is -0.480 e. The summed E-state index contributed by atoms with van der Waals surface area (Å²) in [6.07, 6.45) is -0.949. The van der Waals surface area contributed by atoms with Crippen molar-refractivity contribution in [3.8, 4) is 0 Å². The van der Waals surface area contributed by atoms with E-state index in [9.17, 15) is 14.4 Å². The van der Waals surface area contributed by atoms with Crippen LogP contribution in [-0.4, -0.2) is 46.3 Å². The fourth-order valence-corrected chi connectivity index (χ4v) is 1.22. The summed E-state index contributed by atoms with van der Waals surface area (Å²) in [5.41, 5.74) is -0.775. The van der Waals surface area contributed by atoms with Crippen molar-refractivity contribution in [2.24, 2.45) is 0 Å². The van der Waals surface area contributed by atoms with Crippen LogP contribution in [0, 0.1) is 0 Å². The number of amides is 3. The third-order valence-corrected chi connectivity index (χ3v) is 1.85. The Labute approximate surface area is 92.4 Å². The molecule has 2 N–H and O–H groups in total. The minimum absolute atomic E-state index is 0.104. The van der Waals surface area contributed by atoms with Crippen LogP contribution in [0.4, 0.5) is 9.59 Å². The molecule has 90 valence electrons. The number of hydrogen-bond donors (Lipinski definition) is 2. The van der Waals surface area contributed by atoms with Crippen molar-refractivity contribution in [1.82, 2.24) is 10.2 Å². The molecule has 1 saturated heterocycles. The lowest BCUT2D eigenvalue weighted by Gasteiger charge is -2.24. The number of carboxylic acids is 1. The number of ether oxygens (including phenoxy) is 1. The van der Waals surface area contributed by atoms with E-state index in [4.69, 9.17) is 9.84 Å². The van der Waals surface area contributed by atoms with Gasteiger partial charge in [-0.2, -0.15) is 0 Å². The molecule has 1 rings (SSSR count). The Morgan fingerprint density at radius 2 is 2.06 bits per heavy atom. The van der Waals surface area contributed by atoms with Gasteiger partial charge in [-0.1, -0.05) is 0 Å². The third-order valence-electron chi connectivity index (χ3n) is 1.85. The molecule has 0 aliphatic carbocycles. The predicted octanol–water partition coefficient (Wildman–Crippen LogP) is 0.400. The summed E-state index contributed by atoms with van der Waals surface area (Å²) in [6, 6.07) is -1.95. The Morgan fingerprint density at radius 1 is 1.50 bits per heavy atom. The molecule has 7 nitrogen and oxygen atoms in total. The van der Waals surface area contributed by atoms with Crippen LogP contribution in [0.3, 0.4) is 0 Å². The second kappa shape index (κ2) is 3.99. The summed E-state index contributed by atoms with van der Waals surface area (Å²) in [6.45, 7) is 4.80. The summed E-state index contributed by atoms with van der Waals surface area (Å²) in [7, 11) is 0. The van der Waals surface area contributed by atoms with Crippen molar-refractivity contribution < 1.29 is 24.2 Å². The minimum atomic E-state index is -1.25. The summed E-state index contributed by atoms with van der Waals surface area (Å²) >= 11 is 0. The highest BCUT2D eigenvalue weighted by atomic mass is 16.6. The van der Waals surface area contributed by atoms with E-state index >= 15 is 0 Å². The first kappa shape index (κ1) is 12.3. The van der Waals surface area contributed by atoms with E-state index in [1.54, 1.807) is 20.8 Å². The van der Waals surface area contributed by atoms with Crippen molar-refractivity contribution in [3.05, 3.63) is 0 Å². The Balaban J connectivity index is 2.80. The number of carboxylic acid groups (broad SMARTS) is 1. The molecule has 0 unspecified atom stereocenters. The van der Waals surface area contributed by atoms with Crippen LogP contribution in [0.15, 0.2) is 0 Å². The first-order valence-electron chi connectivity index (χ1n) is 4.75. The molecule has 0 aromatic heterocycles. The molecule has 1 fully saturated rings. The topological polar surface area (TPSA) is 95.9 Å². The molecule has 1 atom stereocenters. The zero-order valence-electron chi connectivity index (χ0n) is 9.31. The zero-order valence-corrected chi connectivity index (χ0v) is 9.31. The Morgan fingerprint density at radius 3 is 2.50 bits per heavy atom. The normalized spacial score (nSPS) is 20.6. The lowest BCUT2D eigenvalue weighted by Crippen LogP contribution is -2.46. The van der Waals surface area contributed by atoms with Crippen LogP contribution in [0.2, 0.25) is 0 Å². The lowest BCUT2D eigenvalue weighted by atomic mass is 10.2. The predicted molar refractivity (Wildman–Crippen MR) is 52.9 cm³/mol. The second-order valence-corrected chi connectivity index (χ2v) is 4.39. The maximum atomic E-state index is 11.6. The average Bonchev–Trinajstić information content (AvgIpc) is 2.43. The Hall–Kier alpha value is -1.79. The Kier molecular flexibility index (Phi) is 3.06. The number of carbonyl (C=O) groups excluding carboxylic acids is 2. The number of nitrogens with one attached hydrogen (secondary N) is 1. The molecule has 0 saturated carbocycles. The number of rotatable bonds is 1. The quantitative estimate of drug-likeness (QED) is 0.679. The van der Waals surface area contributed by atoms with E-state index in [2.05, 4.69) is 5.32 Å². The molecular formula is C9H14N2O5. The van der Waals surface area contributed by atoms with Gasteiger partial charge in [0.1, 0.15) is 5.60 Å². The number of nitrogens with zero attached hydrogens (tertiary/aromatic N) is 1. The van der Waals surface area contributed by atoms with E-state index in [0.717, 1.165) is 0 Å². The van der Waals surface area contributed by atoms with Gasteiger partial charge in [-0.15, -0.1) is 0 Å². The molecular weight excluding hydrogens is 216 g/mol. The molecule has 1 aliphatic heterocycles. The highest BCUT2D eigenvalue weighted by Gasteiger charge is 2.42. The van der Waals surface area contributed by atoms with Crippen molar-refractivity contribution in [1.29, 1.82) is 0 Å². The fourth-order valence-electron chi connectivity index (χ4n) is 1.22.